The molecule has 1 N–H and O–H groups in total. The molecule has 0 aromatic heterocycles. The third kappa shape index (κ3) is 4.07. The van der Waals surface area contributed by atoms with E-state index in [1.165, 1.54) is 24.8 Å². The molecule has 2 heteroatoms. The highest BCUT2D eigenvalue weighted by Crippen LogP contribution is 2.26. The van der Waals surface area contributed by atoms with Crippen molar-refractivity contribution in [3.63, 3.8) is 0 Å². The van der Waals surface area contributed by atoms with Crippen LogP contribution in [-0.4, -0.2) is 34.7 Å². The second-order valence-corrected chi connectivity index (χ2v) is 6.59. The van der Waals surface area contributed by atoms with Crippen molar-refractivity contribution in [2.24, 2.45) is 0 Å². The van der Waals surface area contributed by atoms with Crippen molar-refractivity contribution in [1.29, 1.82) is 0 Å². The quantitative estimate of drug-likeness (QED) is 0.857. The van der Waals surface area contributed by atoms with Crippen LogP contribution in [0.5, 0.6) is 0 Å². The molecule has 0 bridgehead atoms. The van der Waals surface area contributed by atoms with Crippen LogP contribution in [0.4, 0.5) is 0 Å². The first-order chi connectivity index (χ1) is 9.60. The van der Waals surface area contributed by atoms with Crippen molar-refractivity contribution in [3.8, 4) is 0 Å². The largest absolute Gasteiger partial charge is 0.391 e. The lowest BCUT2D eigenvalue weighted by Crippen LogP contribution is -2.54. The highest BCUT2D eigenvalue weighted by atomic mass is 16.3. The van der Waals surface area contributed by atoms with Crippen molar-refractivity contribution in [2.45, 2.75) is 64.0 Å². The van der Waals surface area contributed by atoms with Gasteiger partial charge in [0.15, 0.2) is 0 Å². The zero-order chi connectivity index (χ0) is 14.4. The normalized spacial score (nSPS) is 18.9. The summed E-state index contributed by atoms with van der Waals surface area (Å²) in [5.74, 6) is 0. The van der Waals surface area contributed by atoms with E-state index < -0.39 is 0 Å². The number of aliphatic hydroxyl groups excluding tert-OH is 1. The molecule has 2 nitrogen and oxygen atoms in total. The molecule has 1 aliphatic heterocycles. The molecule has 1 unspecified atom stereocenters. The number of nitrogens with zero attached hydrogens (tertiary/aromatic N) is 1. The lowest BCUT2D eigenvalue weighted by atomic mass is 9.89. The Balaban J connectivity index is 1.79. The lowest BCUT2D eigenvalue weighted by molar-refractivity contribution is -0.0238. The molecule has 0 spiro atoms. The monoisotopic (exact) mass is 275 g/mol. The third-order valence-electron chi connectivity index (χ3n) is 4.77. The van der Waals surface area contributed by atoms with Crippen molar-refractivity contribution in [3.05, 3.63) is 35.9 Å². The minimum absolute atomic E-state index is 0.0862. The average molecular weight is 275 g/mol. The number of hydrogen-bond donors (Lipinski definition) is 1. The smallest absolute Gasteiger partial charge is 0.0718 e. The summed E-state index contributed by atoms with van der Waals surface area (Å²) in [7, 11) is 0. The molecule has 20 heavy (non-hydrogen) atoms. The molecular weight excluding hydrogens is 246 g/mol. The van der Waals surface area contributed by atoms with Crippen molar-refractivity contribution < 1.29 is 5.11 Å². The highest BCUT2D eigenvalue weighted by molar-refractivity contribution is 5.14. The Morgan fingerprint density at radius 3 is 2.40 bits per heavy atom. The molecule has 0 amide bonds. The summed E-state index contributed by atoms with van der Waals surface area (Å²) in [6.45, 7) is 6.68. The number of benzene rings is 1. The van der Waals surface area contributed by atoms with E-state index in [0.717, 1.165) is 32.4 Å². The zero-order valence-corrected chi connectivity index (χ0v) is 13.0. The Morgan fingerprint density at radius 1 is 1.10 bits per heavy atom. The molecule has 1 atom stereocenters. The first-order valence-electron chi connectivity index (χ1n) is 8.08. The fourth-order valence-electron chi connectivity index (χ4n) is 3.18. The van der Waals surface area contributed by atoms with E-state index in [2.05, 4.69) is 49.1 Å². The molecule has 0 radical (unpaired) electrons. The molecule has 1 saturated heterocycles. The standard InChI is InChI=1S/C18H29NO/c1-18(2,19-14-7-4-8-15-19)17(20)13-9-12-16-10-5-3-6-11-16/h3,5-6,10-11,17,20H,4,7-9,12-15H2,1-2H3. The Kier molecular flexibility index (Phi) is 5.62. The molecule has 1 aromatic rings. The van der Waals surface area contributed by atoms with Gasteiger partial charge in [0.25, 0.3) is 0 Å². The topological polar surface area (TPSA) is 23.5 Å². The van der Waals surface area contributed by atoms with Gasteiger partial charge in [-0.2, -0.15) is 0 Å². The number of piperidine rings is 1. The molecule has 1 aliphatic rings. The Bertz CT molecular complexity index is 382. The summed E-state index contributed by atoms with van der Waals surface area (Å²) in [6, 6.07) is 10.6. The van der Waals surface area contributed by atoms with Crippen molar-refractivity contribution in [2.75, 3.05) is 13.1 Å². The van der Waals surface area contributed by atoms with E-state index in [1.54, 1.807) is 0 Å². The van der Waals surface area contributed by atoms with Crippen LogP contribution in [0.2, 0.25) is 0 Å². The summed E-state index contributed by atoms with van der Waals surface area (Å²) >= 11 is 0. The van der Waals surface area contributed by atoms with Gasteiger partial charge in [-0.15, -0.1) is 0 Å². The van der Waals surface area contributed by atoms with Crippen LogP contribution in [0.15, 0.2) is 30.3 Å². The van der Waals surface area contributed by atoms with Crippen LogP contribution in [0.3, 0.4) is 0 Å². The average Bonchev–Trinajstić information content (AvgIpc) is 2.49. The number of aryl methyl sites for hydroxylation is 1. The SMILES string of the molecule is CC(C)(C(O)CCCc1ccccc1)N1CCCCC1. The second-order valence-electron chi connectivity index (χ2n) is 6.59. The number of likely N-dealkylation sites (tertiary alicyclic amines) is 1. The first-order valence-corrected chi connectivity index (χ1v) is 8.08. The van der Waals surface area contributed by atoms with E-state index in [4.69, 9.17) is 0 Å². The predicted octanol–water partition coefficient (Wildman–Crippen LogP) is 3.63. The number of aliphatic hydroxyl groups is 1. The van der Waals surface area contributed by atoms with Crippen LogP contribution in [0.1, 0.15) is 51.5 Å². The molecule has 1 fully saturated rings. The molecule has 112 valence electrons. The summed E-state index contributed by atoms with van der Waals surface area (Å²) in [5.41, 5.74) is 1.28. The minimum atomic E-state index is -0.232. The summed E-state index contributed by atoms with van der Waals surface area (Å²) in [6.07, 6.45) is 6.68. The maximum absolute atomic E-state index is 10.6. The van der Waals surface area contributed by atoms with Gasteiger partial charge in [-0.25, -0.2) is 0 Å². The van der Waals surface area contributed by atoms with Crippen LogP contribution in [0.25, 0.3) is 0 Å². The van der Waals surface area contributed by atoms with Gasteiger partial charge in [-0.1, -0.05) is 36.8 Å². The van der Waals surface area contributed by atoms with Crippen molar-refractivity contribution in [1.82, 2.24) is 4.90 Å². The Labute approximate surface area is 123 Å². The predicted molar refractivity (Wildman–Crippen MR) is 84.9 cm³/mol. The van der Waals surface area contributed by atoms with Gasteiger partial charge >= 0.3 is 0 Å². The Hall–Kier alpha value is -0.860. The molecule has 1 aromatic carbocycles. The van der Waals surface area contributed by atoms with Crippen LogP contribution >= 0.6 is 0 Å². The van der Waals surface area contributed by atoms with E-state index in [1.807, 2.05) is 0 Å². The molecule has 0 saturated carbocycles. The minimum Gasteiger partial charge on any atom is -0.391 e. The molecule has 2 rings (SSSR count). The van der Waals surface area contributed by atoms with E-state index >= 15 is 0 Å². The second kappa shape index (κ2) is 7.24. The lowest BCUT2D eigenvalue weighted by Gasteiger charge is -2.44. The van der Waals surface area contributed by atoms with Gasteiger partial charge < -0.3 is 5.11 Å². The van der Waals surface area contributed by atoms with Crippen molar-refractivity contribution >= 4 is 0 Å². The summed E-state index contributed by atoms with van der Waals surface area (Å²) < 4.78 is 0. The fourth-order valence-corrected chi connectivity index (χ4v) is 3.18. The summed E-state index contributed by atoms with van der Waals surface area (Å²) in [5, 5.41) is 10.6. The maximum Gasteiger partial charge on any atom is 0.0718 e. The molecule has 0 aliphatic carbocycles. The van der Waals surface area contributed by atoms with Gasteiger partial charge in [-0.05, 0) is 64.6 Å². The number of hydrogen-bond acceptors (Lipinski definition) is 2. The first kappa shape index (κ1) is 15.5. The van der Waals surface area contributed by atoms with E-state index in [0.29, 0.717) is 0 Å². The van der Waals surface area contributed by atoms with E-state index in [9.17, 15) is 5.11 Å². The van der Waals surface area contributed by atoms with Gasteiger partial charge in [-0.3, -0.25) is 4.90 Å². The fraction of sp³-hybridized carbons (Fsp3) is 0.667. The van der Waals surface area contributed by atoms with Crippen LogP contribution in [-0.2, 0) is 6.42 Å². The maximum atomic E-state index is 10.6. The van der Waals surface area contributed by atoms with Crippen LogP contribution in [0, 0.1) is 0 Å². The highest BCUT2D eigenvalue weighted by Gasteiger charge is 2.34. The van der Waals surface area contributed by atoms with Gasteiger partial charge in [0, 0.05) is 5.54 Å². The third-order valence-corrected chi connectivity index (χ3v) is 4.77. The summed E-state index contributed by atoms with van der Waals surface area (Å²) in [4.78, 5) is 2.48. The molecule has 1 heterocycles. The van der Waals surface area contributed by atoms with Crippen LogP contribution < -0.4 is 0 Å². The van der Waals surface area contributed by atoms with Gasteiger partial charge in [0.05, 0.1) is 6.10 Å². The van der Waals surface area contributed by atoms with E-state index in [-0.39, 0.29) is 11.6 Å². The van der Waals surface area contributed by atoms with Gasteiger partial charge in [0.2, 0.25) is 0 Å². The van der Waals surface area contributed by atoms with Gasteiger partial charge in [0.1, 0.15) is 0 Å². The number of rotatable bonds is 6. The molecular formula is C18H29NO. The Morgan fingerprint density at radius 2 is 1.75 bits per heavy atom. The zero-order valence-electron chi connectivity index (χ0n) is 13.0.